The lowest BCUT2D eigenvalue weighted by Crippen LogP contribution is -2.51. The molecule has 7 nitrogen and oxygen atoms in total. The van der Waals surface area contributed by atoms with Gasteiger partial charge in [0, 0.05) is 31.7 Å². The molecule has 0 aromatic carbocycles. The summed E-state index contributed by atoms with van der Waals surface area (Å²) in [4.78, 5) is 26.2. The molecule has 2 heterocycles. The quantitative estimate of drug-likeness (QED) is 0.616. The van der Waals surface area contributed by atoms with Crippen LogP contribution in [-0.4, -0.2) is 46.4 Å². The van der Waals surface area contributed by atoms with E-state index in [1.807, 2.05) is 6.92 Å². The molecular weight excluding hydrogens is 260 g/mol. The molecule has 1 saturated heterocycles. The van der Waals surface area contributed by atoms with Gasteiger partial charge >= 0.3 is 5.82 Å². The molecule has 100 valence electrons. The maximum atomic E-state index is 12.0. The highest BCUT2D eigenvalue weighted by atomic mass is 35.5. The van der Waals surface area contributed by atoms with E-state index in [1.165, 1.54) is 12.1 Å². The Morgan fingerprint density at radius 3 is 2.83 bits per heavy atom. The van der Waals surface area contributed by atoms with E-state index in [2.05, 4.69) is 10.3 Å². The van der Waals surface area contributed by atoms with Crippen molar-refractivity contribution in [2.45, 2.75) is 13.0 Å². The highest BCUT2D eigenvalue weighted by Crippen LogP contribution is 2.13. The second-order valence-corrected chi connectivity index (χ2v) is 4.12. The molecule has 1 amide bonds. The van der Waals surface area contributed by atoms with E-state index >= 15 is 0 Å². The number of halogens is 1. The van der Waals surface area contributed by atoms with Crippen LogP contribution in [0.4, 0.5) is 5.82 Å². The number of rotatable bonds is 2. The molecule has 1 aromatic rings. The van der Waals surface area contributed by atoms with Gasteiger partial charge in [-0.25, -0.2) is 4.98 Å². The zero-order chi connectivity index (χ0) is 12.4. The number of hydrogen-bond acceptors (Lipinski definition) is 4. The van der Waals surface area contributed by atoms with Gasteiger partial charge in [-0.15, -0.1) is 12.4 Å². The second-order valence-electron chi connectivity index (χ2n) is 4.12. The number of nitrogens with zero attached hydrogens (tertiary/aromatic N) is 2. The first kappa shape index (κ1) is 14.5. The number of H-pyrrole nitrogens is 1. The number of carbonyl (C=O) groups excluding carboxylic acids is 1. The number of hydrogen-bond donors (Lipinski definition) is 2. The molecule has 0 aliphatic carbocycles. The largest absolute Gasteiger partial charge is 0.358 e. The molecule has 0 radical (unpaired) electrons. The second kappa shape index (κ2) is 5.83. The van der Waals surface area contributed by atoms with Crippen molar-refractivity contribution in [2.24, 2.45) is 0 Å². The minimum Gasteiger partial charge on any atom is -0.358 e. The standard InChI is InChI=1S/C10H14N4O3.ClH/c1-7-6-13(5-4-11-7)10(15)8-2-3-9(12-8)14(16)17;/h2-3,7,11-12H,4-6H2,1H3;1H. The van der Waals surface area contributed by atoms with Gasteiger partial charge < -0.3 is 20.3 Å². The third kappa shape index (κ3) is 2.99. The first-order valence-corrected chi connectivity index (χ1v) is 5.44. The van der Waals surface area contributed by atoms with E-state index in [0.29, 0.717) is 13.1 Å². The van der Waals surface area contributed by atoms with Crippen molar-refractivity contribution in [3.05, 3.63) is 27.9 Å². The van der Waals surface area contributed by atoms with Crippen molar-refractivity contribution in [2.75, 3.05) is 19.6 Å². The van der Waals surface area contributed by atoms with Crippen LogP contribution in [0.3, 0.4) is 0 Å². The van der Waals surface area contributed by atoms with Crippen molar-refractivity contribution in [1.82, 2.24) is 15.2 Å². The van der Waals surface area contributed by atoms with Crippen LogP contribution in [0.5, 0.6) is 0 Å². The van der Waals surface area contributed by atoms with Crippen molar-refractivity contribution >= 4 is 24.1 Å². The first-order valence-electron chi connectivity index (χ1n) is 5.44. The third-order valence-electron chi connectivity index (χ3n) is 2.75. The average Bonchev–Trinajstić information content (AvgIpc) is 2.77. The summed E-state index contributed by atoms with van der Waals surface area (Å²) in [6, 6.07) is 3.00. The molecular formula is C10H15ClN4O3. The van der Waals surface area contributed by atoms with Gasteiger partial charge in [0.05, 0.1) is 0 Å². The fourth-order valence-electron chi connectivity index (χ4n) is 1.90. The lowest BCUT2D eigenvalue weighted by molar-refractivity contribution is -0.389. The van der Waals surface area contributed by atoms with Gasteiger partial charge in [0.2, 0.25) is 0 Å². The Bertz CT molecular complexity index is 448. The fraction of sp³-hybridized carbons (Fsp3) is 0.500. The Labute approximate surface area is 110 Å². The Morgan fingerprint density at radius 2 is 2.28 bits per heavy atom. The van der Waals surface area contributed by atoms with E-state index in [4.69, 9.17) is 0 Å². The monoisotopic (exact) mass is 274 g/mol. The van der Waals surface area contributed by atoms with Gasteiger partial charge in [0.15, 0.2) is 5.69 Å². The molecule has 1 fully saturated rings. The molecule has 1 unspecified atom stereocenters. The van der Waals surface area contributed by atoms with E-state index in [0.717, 1.165) is 6.54 Å². The summed E-state index contributed by atoms with van der Waals surface area (Å²) in [5, 5.41) is 13.7. The lowest BCUT2D eigenvalue weighted by atomic mass is 10.2. The Hall–Kier alpha value is -1.60. The number of amides is 1. The van der Waals surface area contributed by atoms with Crippen LogP contribution in [0, 0.1) is 10.1 Å². The molecule has 1 aliphatic rings. The fourth-order valence-corrected chi connectivity index (χ4v) is 1.90. The zero-order valence-electron chi connectivity index (χ0n) is 9.88. The number of carbonyl (C=O) groups is 1. The van der Waals surface area contributed by atoms with Crippen molar-refractivity contribution < 1.29 is 9.72 Å². The minimum atomic E-state index is -0.544. The Kier molecular flexibility index (Phi) is 4.69. The molecule has 1 aliphatic heterocycles. The molecule has 0 spiro atoms. The number of piperazine rings is 1. The van der Waals surface area contributed by atoms with E-state index in [1.54, 1.807) is 4.90 Å². The average molecular weight is 275 g/mol. The lowest BCUT2D eigenvalue weighted by Gasteiger charge is -2.31. The molecule has 2 N–H and O–H groups in total. The number of aromatic amines is 1. The zero-order valence-corrected chi connectivity index (χ0v) is 10.7. The van der Waals surface area contributed by atoms with E-state index in [9.17, 15) is 14.9 Å². The van der Waals surface area contributed by atoms with Gasteiger partial charge in [-0.2, -0.15) is 0 Å². The third-order valence-corrected chi connectivity index (χ3v) is 2.75. The van der Waals surface area contributed by atoms with Crippen molar-refractivity contribution in [3.8, 4) is 0 Å². The SMILES string of the molecule is CC1CN(C(=O)c2ccc([N+](=O)[O-])[nH]2)CCN1.Cl. The topological polar surface area (TPSA) is 91.3 Å². The van der Waals surface area contributed by atoms with Crippen LogP contribution in [0.2, 0.25) is 0 Å². The molecule has 1 aromatic heterocycles. The van der Waals surface area contributed by atoms with Crippen LogP contribution in [-0.2, 0) is 0 Å². The summed E-state index contributed by atoms with van der Waals surface area (Å²) in [5.74, 6) is -0.344. The number of aromatic nitrogens is 1. The maximum absolute atomic E-state index is 12.0. The Balaban J connectivity index is 0.00000162. The van der Waals surface area contributed by atoms with Gasteiger partial charge in [0.1, 0.15) is 0 Å². The Morgan fingerprint density at radius 1 is 1.56 bits per heavy atom. The molecule has 0 saturated carbocycles. The number of nitro groups is 1. The predicted octanol–water partition coefficient (Wildman–Crippen LogP) is 0.779. The maximum Gasteiger partial charge on any atom is 0.321 e. The summed E-state index contributed by atoms with van der Waals surface area (Å²) in [6.07, 6.45) is 0. The van der Waals surface area contributed by atoms with Gasteiger partial charge in [-0.1, -0.05) is 0 Å². The molecule has 2 rings (SSSR count). The van der Waals surface area contributed by atoms with E-state index < -0.39 is 4.92 Å². The predicted molar refractivity (Wildman–Crippen MR) is 68.1 cm³/mol. The van der Waals surface area contributed by atoms with E-state index in [-0.39, 0.29) is 35.9 Å². The van der Waals surface area contributed by atoms with Crippen LogP contribution in [0.15, 0.2) is 12.1 Å². The summed E-state index contributed by atoms with van der Waals surface area (Å²) in [6.45, 7) is 3.98. The summed E-state index contributed by atoms with van der Waals surface area (Å²) in [7, 11) is 0. The molecule has 18 heavy (non-hydrogen) atoms. The molecule has 8 heteroatoms. The van der Waals surface area contributed by atoms with Gasteiger partial charge in [-0.05, 0) is 17.9 Å². The van der Waals surface area contributed by atoms with Crippen LogP contribution in [0.1, 0.15) is 17.4 Å². The minimum absolute atomic E-state index is 0. The van der Waals surface area contributed by atoms with Crippen molar-refractivity contribution in [1.29, 1.82) is 0 Å². The van der Waals surface area contributed by atoms with Gasteiger partial charge in [-0.3, -0.25) is 4.79 Å². The van der Waals surface area contributed by atoms with Gasteiger partial charge in [0.25, 0.3) is 5.91 Å². The molecule has 0 bridgehead atoms. The number of nitrogens with one attached hydrogen (secondary N) is 2. The highest BCUT2D eigenvalue weighted by molar-refractivity contribution is 5.93. The van der Waals surface area contributed by atoms with Crippen molar-refractivity contribution in [3.63, 3.8) is 0 Å². The van der Waals surface area contributed by atoms with Crippen LogP contribution >= 0.6 is 12.4 Å². The van der Waals surface area contributed by atoms with Crippen LogP contribution < -0.4 is 5.32 Å². The summed E-state index contributed by atoms with van der Waals surface area (Å²) >= 11 is 0. The summed E-state index contributed by atoms with van der Waals surface area (Å²) in [5.41, 5.74) is 0.269. The van der Waals surface area contributed by atoms with Crippen LogP contribution in [0.25, 0.3) is 0 Å². The normalized spacial score (nSPS) is 19.2. The molecule has 1 atom stereocenters. The first-order chi connectivity index (χ1) is 8.08. The summed E-state index contributed by atoms with van der Waals surface area (Å²) < 4.78 is 0. The smallest absolute Gasteiger partial charge is 0.321 e. The highest BCUT2D eigenvalue weighted by Gasteiger charge is 2.25.